The molecule has 1 aromatic carbocycles. The van der Waals surface area contributed by atoms with Gasteiger partial charge in [-0.15, -0.1) is 0 Å². The van der Waals surface area contributed by atoms with E-state index in [1.165, 1.54) is 6.07 Å². The van der Waals surface area contributed by atoms with Crippen LogP contribution < -0.4 is 5.32 Å². The molecule has 2 unspecified atom stereocenters. The summed E-state index contributed by atoms with van der Waals surface area (Å²) < 4.78 is 25.3. The SMILES string of the molecule is CCOC(=O)C(NCC1CCCO1)c1cc(Br)ccc1F. The largest absolute Gasteiger partial charge is 0.465 e. The Kier molecular flexibility index (Phi) is 6.14. The highest BCUT2D eigenvalue weighted by atomic mass is 79.9. The Hall–Kier alpha value is -0.980. The van der Waals surface area contributed by atoms with Crippen LogP contribution in [0.1, 0.15) is 31.4 Å². The molecule has 0 aliphatic carbocycles. The molecule has 0 saturated carbocycles. The van der Waals surface area contributed by atoms with Gasteiger partial charge in [-0.2, -0.15) is 0 Å². The van der Waals surface area contributed by atoms with Gasteiger partial charge in [0.1, 0.15) is 11.9 Å². The first-order chi connectivity index (χ1) is 10.1. The van der Waals surface area contributed by atoms with E-state index >= 15 is 0 Å². The Morgan fingerprint density at radius 3 is 3.10 bits per heavy atom. The van der Waals surface area contributed by atoms with Crippen LogP contribution in [0, 0.1) is 5.82 Å². The molecule has 0 radical (unpaired) electrons. The second kappa shape index (κ2) is 7.87. The maximum atomic E-state index is 14.0. The van der Waals surface area contributed by atoms with Crippen LogP contribution in [0.5, 0.6) is 0 Å². The van der Waals surface area contributed by atoms with E-state index in [2.05, 4.69) is 21.2 Å². The second-order valence-corrected chi connectivity index (χ2v) is 5.81. The summed E-state index contributed by atoms with van der Waals surface area (Å²) >= 11 is 3.30. The van der Waals surface area contributed by atoms with Crippen molar-refractivity contribution >= 4 is 21.9 Å². The average molecular weight is 360 g/mol. The highest BCUT2D eigenvalue weighted by Gasteiger charge is 2.27. The van der Waals surface area contributed by atoms with Crippen molar-refractivity contribution in [2.45, 2.75) is 31.9 Å². The normalized spacial score (nSPS) is 19.5. The lowest BCUT2D eigenvalue weighted by Gasteiger charge is -2.20. The number of hydrogen-bond donors (Lipinski definition) is 1. The molecule has 2 rings (SSSR count). The van der Waals surface area contributed by atoms with E-state index in [1.54, 1.807) is 19.1 Å². The molecule has 2 atom stereocenters. The third kappa shape index (κ3) is 4.49. The average Bonchev–Trinajstić information content (AvgIpc) is 2.96. The van der Waals surface area contributed by atoms with Crippen LogP contribution in [-0.4, -0.2) is 31.8 Å². The Morgan fingerprint density at radius 1 is 1.62 bits per heavy atom. The maximum absolute atomic E-state index is 14.0. The van der Waals surface area contributed by atoms with Crippen molar-refractivity contribution in [3.8, 4) is 0 Å². The maximum Gasteiger partial charge on any atom is 0.327 e. The van der Waals surface area contributed by atoms with Gasteiger partial charge >= 0.3 is 5.97 Å². The lowest BCUT2D eigenvalue weighted by molar-refractivity contribution is -0.146. The minimum absolute atomic E-state index is 0.0668. The summed E-state index contributed by atoms with van der Waals surface area (Å²) in [6.45, 7) is 3.22. The molecule has 1 saturated heterocycles. The first-order valence-corrected chi connectivity index (χ1v) is 7.87. The molecule has 0 bridgehead atoms. The number of carbonyl (C=O) groups excluding carboxylic acids is 1. The van der Waals surface area contributed by atoms with Crippen molar-refractivity contribution in [1.29, 1.82) is 0 Å². The predicted octanol–water partition coefficient (Wildman–Crippen LogP) is 2.96. The number of benzene rings is 1. The Morgan fingerprint density at radius 2 is 2.43 bits per heavy atom. The first-order valence-electron chi connectivity index (χ1n) is 7.08. The molecule has 6 heteroatoms. The number of hydrogen-bond acceptors (Lipinski definition) is 4. The molecule has 116 valence electrons. The van der Waals surface area contributed by atoms with Crippen LogP contribution in [0.15, 0.2) is 22.7 Å². The van der Waals surface area contributed by atoms with Gasteiger partial charge in [-0.1, -0.05) is 15.9 Å². The molecule has 1 aromatic rings. The van der Waals surface area contributed by atoms with Crippen LogP contribution in [0.25, 0.3) is 0 Å². The number of ether oxygens (including phenoxy) is 2. The Balaban J connectivity index is 2.14. The van der Waals surface area contributed by atoms with Crippen molar-refractivity contribution in [2.75, 3.05) is 19.8 Å². The van der Waals surface area contributed by atoms with E-state index in [9.17, 15) is 9.18 Å². The van der Waals surface area contributed by atoms with Crippen molar-refractivity contribution in [1.82, 2.24) is 5.32 Å². The summed E-state index contributed by atoms with van der Waals surface area (Å²) in [5.41, 5.74) is 0.279. The van der Waals surface area contributed by atoms with Crippen molar-refractivity contribution in [2.24, 2.45) is 0 Å². The molecule has 21 heavy (non-hydrogen) atoms. The van der Waals surface area contributed by atoms with Crippen LogP contribution in [0.2, 0.25) is 0 Å². The zero-order valence-corrected chi connectivity index (χ0v) is 13.5. The summed E-state index contributed by atoms with van der Waals surface area (Å²) in [5.74, 6) is -0.913. The topological polar surface area (TPSA) is 47.6 Å². The van der Waals surface area contributed by atoms with Crippen LogP contribution in [0.4, 0.5) is 4.39 Å². The van der Waals surface area contributed by atoms with Gasteiger partial charge in [0.2, 0.25) is 0 Å². The van der Waals surface area contributed by atoms with Gasteiger partial charge < -0.3 is 9.47 Å². The summed E-state index contributed by atoms with van der Waals surface area (Å²) in [6, 6.07) is 3.70. The summed E-state index contributed by atoms with van der Waals surface area (Å²) in [5, 5.41) is 3.07. The standard InChI is InChI=1S/C15H19BrFNO3/c1-2-20-15(19)14(18-9-11-4-3-7-21-11)12-8-10(16)5-6-13(12)17/h5-6,8,11,14,18H,2-4,7,9H2,1H3. The summed E-state index contributed by atoms with van der Waals surface area (Å²) in [6.07, 6.45) is 2.03. The molecule has 4 nitrogen and oxygen atoms in total. The Labute approximate surface area is 132 Å². The molecule has 0 spiro atoms. The van der Waals surface area contributed by atoms with Crippen LogP contribution >= 0.6 is 15.9 Å². The van der Waals surface area contributed by atoms with Gasteiger partial charge in [0.25, 0.3) is 0 Å². The molecule has 1 fully saturated rings. The quantitative estimate of drug-likeness (QED) is 0.793. The second-order valence-electron chi connectivity index (χ2n) is 4.89. The van der Waals surface area contributed by atoms with Crippen molar-refractivity contribution < 1.29 is 18.7 Å². The lowest BCUT2D eigenvalue weighted by atomic mass is 10.1. The van der Waals surface area contributed by atoms with E-state index < -0.39 is 17.8 Å². The zero-order valence-electron chi connectivity index (χ0n) is 11.9. The summed E-state index contributed by atoms with van der Waals surface area (Å²) in [7, 11) is 0. The van der Waals surface area contributed by atoms with E-state index in [0.717, 1.165) is 19.4 Å². The molecule has 1 aliphatic rings. The van der Waals surface area contributed by atoms with Gasteiger partial charge in [-0.05, 0) is 38.0 Å². The molecule has 1 N–H and O–H groups in total. The zero-order chi connectivity index (χ0) is 15.2. The smallest absolute Gasteiger partial charge is 0.327 e. The van der Waals surface area contributed by atoms with Gasteiger partial charge in [0, 0.05) is 23.2 Å². The van der Waals surface area contributed by atoms with Gasteiger partial charge in [0.05, 0.1) is 12.7 Å². The number of halogens is 2. The fourth-order valence-electron chi connectivity index (χ4n) is 2.34. The molecule has 0 amide bonds. The van der Waals surface area contributed by atoms with Gasteiger partial charge in [-0.25, -0.2) is 9.18 Å². The highest BCUT2D eigenvalue weighted by Crippen LogP contribution is 2.23. The first kappa shape index (κ1) is 16.4. The monoisotopic (exact) mass is 359 g/mol. The van der Waals surface area contributed by atoms with Crippen LogP contribution in [-0.2, 0) is 14.3 Å². The molecular weight excluding hydrogens is 341 g/mol. The van der Waals surface area contributed by atoms with E-state index in [0.29, 0.717) is 11.0 Å². The van der Waals surface area contributed by atoms with Crippen LogP contribution in [0.3, 0.4) is 0 Å². The van der Waals surface area contributed by atoms with E-state index in [-0.39, 0.29) is 18.3 Å². The fourth-order valence-corrected chi connectivity index (χ4v) is 2.72. The third-order valence-corrected chi connectivity index (χ3v) is 3.86. The van der Waals surface area contributed by atoms with E-state index in [1.807, 2.05) is 0 Å². The number of nitrogens with one attached hydrogen (secondary N) is 1. The van der Waals surface area contributed by atoms with E-state index in [4.69, 9.17) is 9.47 Å². The highest BCUT2D eigenvalue weighted by molar-refractivity contribution is 9.10. The van der Waals surface area contributed by atoms with Gasteiger partial charge in [-0.3, -0.25) is 5.32 Å². The lowest BCUT2D eigenvalue weighted by Crippen LogP contribution is -2.36. The molecule has 1 heterocycles. The summed E-state index contributed by atoms with van der Waals surface area (Å²) in [4.78, 5) is 12.1. The predicted molar refractivity (Wildman–Crippen MR) is 80.5 cm³/mol. The fraction of sp³-hybridized carbons (Fsp3) is 0.533. The molecule has 1 aliphatic heterocycles. The minimum atomic E-state index is -0.827. The molecular formula is C15H19BrFNO3. The number of esters is 1. The number of carbonyl (C=O) groups is 1. The van der Waals surface area contributed by atoms with Crippen molar-refractivity contribution in [3.05, 3.63) is 34.1 Å². The number of rotatable bonds is 6. The van der Waals surface area contributed by atoms with Crippen molar-refractivity contribution in [3.63, 3.8) is 0 Å². The van der Waals surface area contributed by atoms with Gasteiger partial charge in [0.15, 0.2) is 0 Å². The minimum Gasteiger partial charge on any atom is -0.465 e. The Bertz CT molecular complexity index is 492. The third-order valence-electron chi connectivity index (χ3n) is 3.36. The molecule has 0 aromatic heterocycles.